The zero-order valence-electron chi connectivity index (χ0n) is 10.8. The smallest absolute Gasteiger partial charge is 0.156 e. The predicted molar refractivity (Wildman–Crippen MR) is 69.3 cm³/mol. The molecule has 0 heterocycles. The molecule has 0 aromatic rings. The van der Waals surface area contributed by atoms with Crippen LogP contribution in [0.2, 0.25) is 0 Å². The maximum atomic E-state index is 11.3. The van der Waals surface area contributed by atoms with Crippen LogP contribution in [0.1, 0.15) is 52.9 Å². The molecule has 0 aromatic carbocycles. The number of hydrogen-bond donors (Lipinski definition) is 0. The minimum Gasteiger partial charge on any atom is -0.295 e. The number of allylic oxidation sites excluding steroid dienone is 4. The monoisotopic (exact) mass is 220 g/mol. The summed E-state index contributed by atoms with van der Waals surface area (Å²) >= 11 is 0. The molecule has 1 unspecified atom stereocenters. The van der Waals surface area contributed by atoms with E-state index in [1.807, 2.05) is 0 Å². The molecule has 0 aromatic heterocycles. The lowest BCUT2D eigenvalue weighted by Gasteiger charge is -2.19. The minimum absolute atomic E-state index is 0.269. The quantitative estimate of drug-likeness (QED) is 0.675. The van der Waals surface area contributed by atoms with Crippen LogP contribution < -0.4 is 0 Å². The van der Waals surface area contributed by atoms with Crippen LogP contribution in [0.25, 0.3) is 0 Å². The van der Waals surface area contributed by atoms with Crippen molar-refractivity contribution in [2.45, 2.75) is 52.9 Å². The normalized spacial score (nSPS) is 18.5. The van der Waals surface area contributed by atoms with Gasteiger partial charge in [-0.3, -0.25) is 4.79 Å². The Bertz CT molecular complexity index is 284. The summed E-state index contributed by atoms with van der Waals surface area (Å²) in [5.41, 5.74) is 1.39. The maximum Gasteiger partial charge on any atom is 0.156 e. The third kappa shape index (κ3) is 4.34. The van der Waals surface area contributed by atoms with Crippen molar-refractivity contribution < 1.29 is 4.79 Å². The van der Waals surface area contributed by atoms with Gasteiger partial charge in [0.1, 0.15) is 0 Å². The Balaban J connectivity index is 2.72. The van der Waals surface area contributed by atoms with Crippen molar-refractivity contribution in [1.29, 1.82) is 0 Å². The molecule has 0 amide bonds. The molecule has 1 rings (SSSR count). The minimum atomic E-state index is 0.269. The fraction of sp³-hybridized carbons (Fsp3) is 0.667. The Labute approximate surface area is 99.6 Å². The van der Waals surface area contributed by atoms with Gasteiger partial charge in [-0.2, -0.15) is 0 Å². The van der Waals surface area contributed by atoms with Gasteiger partial charge in [-0.05, 0) is 42.7 Å². The van der Waals surface area contributed by atoms with Crippen molar-refractivity contribution in [3.63, 3.8) is 0 Å². The van der Waals surface area contributed by atoms with Crippen LogP contribution in [0.3, 0.4) is 0 Å². The summed E-state index contributed by atoms with van der Waals surface area (Å²) in [4.78, 5) is 11.3. The van der Waals surface area contributed by atoms with Crippen molar-refractivity contribution >= 4 is 5.78 Å². The van der Waals surface area contributed by atoms with Crippen LogP contribution in [-0.2, 0) is 4.79 Å². The Morgan fingerprint density at radius 2 is 2.06 bits per heavy atom. The van der Waals surface area contributed by atoms with E-state index in [1.54, 1.807) is 6.08 Å². The first kappa shape index (κ1) is 13.2. The lowest BCUT2D eigenvalue weighted by molar-refractivity contribution is -0.114. The molecular formula is C15H24O. The fourth-order valence-electron chi connectivity index (χ4n) is 2.36. The molecule has 0 fully saturated rings. The van der Waals surface area contributed by atoms with E-state index in [0.717, 1.165) is 12.3 Å². The molecule has 1 nitrogen and oxygen atoms in total. The first-order valence-corrected chi connectivity index (χ1v) is 6.54. The zero-order chi connectivity index (χ0) is 12.0. The highest BCUT2D eigenvalue weighted by Crippen LogP contribution is 2.27. The van der Waals surface area contributed by atoms with Crippen molar-refractivity contribution in [2.24, 2.45) is 11.8 Å². The van der Waals surface area contributed by atoms with Gasteiger partial charge in [0, 0.05) is 6.42 Å². The van der Waals surface area contributed by atoms with Gasteiger partial charge in [0.05, 0.1) is 0 Å². The molecule has 1 heteroatoms. The number of carbonyl (C=O) groups excluding carboxylic acids is 1. The SMILES string of the molecule is CCCC(CC(C)C)C1=CCCC(=O)C=C1. The fourth-order valence-corrected chi connectivity index (χ4v) is 2.36. The zero-order valence-corrected chi connectivity index (χ0v) is 10.8. The van der Waals surface area contributed by atoms with Crippen LogP contribution in [-0.4, -0.2) is 5.78 Å². The summed E-state index contributed by atoms with van der Waals surface area (Å²) < 4.78 is 0. The van der Waals surface area contributed by atoms with E-state index < -0.39 is 0 Å². The van der Waals surface area contributed by atoms with E-state index in [1.165, 1.54) is 24.8 Å². The molecule has 0 saturated carbocycles. The summed E-state index contributed by atoms with van der Waals surface area (Å²) in [6, 6.07) is 0. The van der Waals surface area contributed by atoms with Gasteiger partial charge < -0.3 is 0 Å². The molecule has 90 valence electrons. The Hall–Kier alpha value is -0.850. The van der Waals surface area contributed by atoms with Gasteiger partial charge in [0.15, 0.2) is 5.78 Å². The van der Waals surface area contributed by atoms with Gasteiger partial charge in [0.2, 0.25) is 0 Å². The third-order valence-electron chi connectivity index (χ3n) is 3.10. The standard InChI is InChI=1S/C15H24O/c1-4-6-14(11-12(2)3)13-7-5-8-15(16)10-9-13/h7,9-10,12,14H,4-6,8,11H2,1-3H3. The third-order valence-corrected chi connectivity index (χ3v) is 3.10. The maximum absolute atomic E-state index is 11.3. The highest BCUT2D eigenvalue weighted by molar-refractivity contribution is 5.90. The number of hydrogen-bond acceptors (Lipinski definition) is 1. The molecule has 1 aliphatic carbocycles. The Kier molecular flexibility index (Phi) is 5.51. The Morgan fingerprint density at radius 1 is 1.31 bits per heavy atom. The first-order valence-electron chi connectivity index (χ1n) is 6.54. The van der Waals surface area contributed by atoms with Crippen LogP contribution in [0.15, 0.2) is 23.8 Å². The van der Waals surface area contributed by atoms with E-state index in [-0.39, 0.29) is 5.78 Å². The highest BCUT2D eigenvalue weighted by Gasteiger charge is 2.15. The number of ketones is 1. The molecule has 0 N–H and O–H groups in total. The predicted octanol–water partition coefficient (Wildman–Crippen LogP) is 4.29. The molecule has 1 atom stereocenters. The van der Waals surface area contributed by atoms with Gasteiger partial charge in [-0.1, -0.05) is 39.3 Å². The van der Waals surface area contributed by atoms with E-state index in [4.69, 9.17) is 0 Å². The number of rotatable bonds is 5. The average Bonchev–Trinajstić information content (AvgIpc) is 2.42. The molecule has 0 radical (unpaired) electrons. The van der Waals surface area contributed by atoms with Gasteiger partial charge >= 0.3 is 0 Å². The largest absolute Gasteiger partial charge is 0.295 e. The molecule has 0 spiro atoms. The van der Waals surface area contributed by atoms with E-state index >= 15 is 0 Å². The summed E-state index contributed by atoms with van der Waals surface area (Å²) in [5.74, 6) is 1.64. The van der Waals surface area contributed by atoms with Crippen molar-refractivity contribution in [1.82, 2.24) is 0 Å². The van der Waals surface area contributed by atoms with Gasteiger partial charge in [-0.25, -0.2) is 0 Å². The molecule has 0 saturated heterocycles. The van der Waals surface area contributed by atoms with Gasteiger partial charge in [-0.15, -0.1) is 0 Å². The van der Waals surface area contributed by atoms with E-state index in [9.17, 15) is 4.79 Å². The molecule has 0 bridgehead atoms. The summed E-state index contributed by atoms with van der Waals surface area (Å²) in [7, 11) is 0. The summed E-state index contributed by atoms with van der Waals surface area (Å²) in [6.45, 7) is 6.78. The van der Waals surface area contributed by atoms with Gasteiger partial charge in [0.25, 0.3) is 0 Å². The van der Waals surface area contributed by atoms with E-state index in [2.05, 4.69) is 32.9 Å². The molecule has 16 heavy (non-hydrogen) atoms. The summed E-state index contributed by atoms with van der Waals surface area (Å²) in [6.07, 6.45) is 11.4. The van der Waals surface area contributed by atoms with Crippen molar-refractivity contribution in [3.05, 3.63) is 23.8 Å². The number of carbonyl (C=O) groups is 1. The van der Waals surface area contributed by atoms with Crippen LogP contribution >= 0.6 is 0 Å². The second kappa shape index (κ2) is 6.67. The molecular weight excluding hydrogens is 196 g/mol. The van der Waals surface area contributed by atoms with Crippen molar-refractivity contribution in [3.8, 4) is 0 Å². The second-order valence-electron chi connectivity index (χ2n) is 5.16. The van der Waals surface area contributed by atoms with Crippen LogP contribution in [0, 0.1) is 11.8 Å². The van der Waals surface area contributed by atoms with Crippen LogP contribution in [0.5, 0.6) is 0 Å². The first-order chi connectivity index (χ1) is 7.63. The van der Waals surface area contributed by atoms with E-state index in [0.29, 0.717) is 12.3 Å². The topological polar surface area (TPSA) is 17.1 Å². The Morgan fingerprint density at radius 3 is 2.69 bits per heavy atom. The van der Waals surface area contributed by atoms with Crippen LogP contribution in [0.4, 0.5) is 0 Å². The molecule has 0 aliphatic heterocycles. The second-order valence-corrected chi connectivity index (χ2v) is 5.16. The van der Waals surface area contributed by atoms with Crippen molar-refractivity contribution in [2.75, 3.05) is 0 Å². The highest BCUT2D eigenvalue weighted by atomic mass is 16.1. The average molecular weight is 220 g/mol. The lowest BCUT2D eigenvalue weighted by atomic mass is 9.86. The molecule has 1 aliphatic rings. The lowest BCUT2D eigenvalue weighted by Crippen LogP contribution is -2.06. The summed E-state index contributed by atoms with van der Waals surface area (Å²) in [5, 5.41) is 0.